The van der Waals surface area contributed by atoms with Gasteiger partial charge in [0.15, 0.2) is 0 Å². The molecule has 2 aromatic rings. The molecule has 5 heteroatoms. The summed E-state index contributed by atoms with van der Waals surface area (Å²) in [5.74, 6) is -0.130. The van der Waals surface area contributed by atoms with Gasteiger partial charge in [-0.15, -0.1) is 0 Å². The van der Waals surface area contributed by atoms with E-state index in [9.17, 15) is 4.79 Å². The third-order valence-electron chi connectivity index (χ3n) is 3.19. The van der Waals surface area contributed by atoms with Crippen molar-refractivity contribution < 1.29 is 4.79 Å². The molecule has 0 radical (unpaired) electrons. The van der Waals surface area contributed by atoms with Crippen LogP contribution in [-0.4, -0.2) is 11.9 Å². The summed E-state index contributed by atoms with van der Waals surface area (Å²) in [6.07, 6.45) is 3.70. The second-order valence-electron chi connectivity index (χ2n) is 4.71. The van der Waals surface area contributed by atoms with Crippen LogP contribution < -0.4 is 10.6 Å². The fraction of sp³-hybridized carbons (Fsp3) is 0.0625. The van der Waals surface area contributed by atoms with Crippen molar-refractivity contribution in [2.45, 2.75) is 6.04 Å². The number of halogens is 2. The van der Waals surface area contributed by atoms with Gasteiger partial charge in [0.05, 0.1) is 0 Å². The highest BCUT2D eigenvalue weighted by atomic mass is 35.5. The lowest BCUT2D eigenvalue weighted by Crippen LogP contribution is -2.34. The second kappa shape index (κ2) is 5.80. The number of anilines is 2. The molecule has 1 amide bonds. The fourth-order valence-corrected chi connectivity index (χ4v) is 2.43. The van der Waals surface area contributed by atoms with E-state index in [-0.39, 0.29) is 5.91 Å². The molecule has 3 nitrogen and oxygen atoms in total. The third kappa shape index (κ3) is 3.20. The quantitative estimate of drug-likeness (QED) is 0.859. The number of carbonyl (C=O) groups excluding carboxylic acids is 1. The maximum absolute atomic E-state index is 12.2. The van der Waals surface area contributed by atoms with E-state index in [0.717, 1.165) is 11.3 Å². The zero-order chi connectivity index (χ0) is 14.8. The van der Waals surface area contributed by atoms with E-state index in [1.54, 1.807) is 30.3 Å². The fourth-order valence-electron chi connectivity index (χ4n) is 2.12. The minimum absolute atomic E-state index is 0.130. The van der Waals surface area contributed by atoms with E-state index in [4.69, 9.17) is 23.2 Å². The predicted molar refractivity (Wildman–Crippen MR) is 88.0 cm³/mol. The number of fused-ring (bicyclic) bond motifs is 1. The smallest absolute Gasteiger partial charge is 0.250 e. The number of hydrogen-bond acceptors (Lipinski definition) is 2. The van der Waals surface area contributed by atoms with Gasteiger partial charge in [0.1, 0.15) is 6.04 Å². The summed E-state index contributed by atoms with van der Waals surface area (Å²) in [7, 11) is 0. The lowest BCUT2D eigenvalue weighted by atomic mass is 10.1. The van der Waals surface area contributed by atoms with Crippen molar-refractivity contribution in [3.05, 3.63) is 64.1 Å². The molecule has 1 atom stereocenters. The molecule has 0 bridgehead atoms. The maximum atomic E-state index is 12.2. The monoisotopic (exact) mass is 318 g/mol. The van der Waals surface area contributed by atoms with Gasteiger partial charge in [0.25, 0.3) is 5.91 Å². The van der Waals surface area contributed by atoms with Crippen LogP contribution in [-0.2, 0) is 4.79 Å². The highest BCUT2D eigenvalue weighted by Gasteiger charge is 2.19. The Kier molecular flexibility index (Phi) is 3.86. The number of hydrogen-bond donors (Lipinski definition) is 2. The van der Waals surface area contributed by atoms with Gasteiger partial charge < -0.3 is 10.6 Å². The maximum Gasteiger partial charge on any atom is 0.250 e. The number of rotatable bonds is 2. The SMILES string of the molecule is O=C(Nc1ccc(Cl)cc1)C1C=Cc2cc(Cl)ccc2N1. The van der Waals surface area contributed by atoms with Crippen molar-refractivity contribution >= 4 is 46.6 Å². The number of carbonyl (C=O) groups is 1. The molecule has 1 aliphatic rings. The van der Waals surface area contributed by atoms with Crippen molar-refractivity contribution in [1.82, 2.24) is 0 Å². The normalized spacial score (nSPS) is 16.0. The summed E-state index contributed by atoms with van der Waals surface area (Å²) in [5, 5.41) is 7.32. The van der Waals surface area contributed by atoms with Gasteiger partial charge in [0, 0.05) is 21.4 Å². The van der Waals surface area contributed by atoms with E-state index in [2.05, 4.69) is 10.6 Å². The molecule has 0 aliphatic carbocycles. The van der Waals surface area contributed by atoms with Crippen molar-refractivity contribution in [2.24, 2.45) is 0 Å². The molecule has 1 unspecified atom stereocenters. The first-order chi connectivity index (χ1) is 10.1. The van der Waals surface area contributed by atoms with Crippen LogP contribution in [0.5, 0.6) is 0 Å². The lowest BCUT2D eigenvalue weighted by molar-refractivity contribution is -0.116. The van der Waals surface area contributed by atoms with Crippen LogP contribution in [0.15, 0.2) is 48.5 Å². The Morgan fingerprint density at radius 1 is 1.05 bits per heavy atom. The van der Waals surface area contributed by atoms with Crippen molar-refractivity contribution in [2.75, 3.05) is 10.6 Å². The van der Waals surface area contributed by atoms with Gasteiger partial charge in [-0.2, -0.15) is 0 Å². The topological polar surface area (TPSA) is 41.1 Å². The Morgan fingerprint density at radius 3 is 2.52 bits per heavy atom. The molecular formula is C16H12Cl2N2O. The molecule has 0 fully saturated rings. The van der Waals surface area contributed by atoms with Crippen molar-refractivity contribution in [3.8, 4) is 0 Å². The predicted octanol–water partition coefficient (Wildman–Crippen LogP) is 4.44. The third-order valence-corrected chi connectivity index (χ3v) is 3.67. The van der Waals surface area contributed by atoms with Crippen LogP contribution in [0.25, 0.3) is 6.08 Å². The van der Waals surface area contributed by atoms with Gasteiger partial charge in [-0.3, -0.25) is 4.79 Å². The van der Waals surface area contributed by atoms with E-state index < -0.39 is 6.04 Å². The average Bonchev–Trinajstić information content (AvgIpc) is 2.49. The highest BCUT2D eigenvalue weighted by Crippen LogP contribution is 2.26. The highest BCUT2D eigenvalue weighted by molar-refractivity contribution is 6.31. The molecule has 0 spiro atoms. The Bertz CT molecular complexity index is 711. The minimum Gasteiger partial charge on any atom is -0.370 e. The Balaban J connectivity index is 1.73. The molecule has 0 saturated carbocycles. The van der Waals surface area contributed by atoms with Gasteiger partial charge >= 0.3 is 0 Å². The first kappa shape index (κ1) is 14.0. The number of nitrogens with one attached hydrogen (secondary N) is 2. The molecule has 21 heavy (non-hydrogen) atoms. The molecule has 0 saturated heterocycles. The van der Waals surface area contributed by atoms with Crippen LogP contribution >= 0.6 is 23.2 Å². The second-order valence-corrected chi connectivity index (χ2v) is 5.58. The molecule has 0 aromatic heterocycles. The Labute approximate surface area is 132 Å². The van der Waals surface area contributed by atoms with Crippen LogP contribution in [0, 0.1) is 0 Å². The molecule has 2 N–H and O–H groups in total. The average molecular weight is 319 g/mol. The number of amides is 1. The van der Waals surface area contributed by atoms with E-state index in [1.165, 1.54) is 0 Å². The van der Waals surface area contributed by atoms with Gasteiger partial charge in [0.2, 0.25) is 0 Å². The summed E-state index contributed by atoms with van der Waals surface area (Å²) in [6.45, 7) is 0. The van der Waals surface area contributed by atoms with Crippen LogP contribution in [0.2, 0.25) is 10.0 Å². The van der Waals surface area contributed by atoms with Gasteiger partial charge in [-0.25, -0.2) is 0 Å². The van der Waals surface area contributed by atoms with Crippen LogP contribution in [0.4, 0.5) is 11.4 Å². The molecular weight excluding hydrogens is 307 g/mol. The number of benzene rings is 2. The summed E-state index contributed by atoms with van der Waals surface area (Å²) in [6, 6.07) is 12.1. The zero-order valence-corrected chi connectivity index (χ0v) is 12.4. The van der Waals surface area contributed by atoms with Crippen molar-refractivity contribution in [1.29, 1.82) is 0 Å². The summed E-state index contributed by atoms with van der Waals surface area (Å²) in [5.41, 5.74) is 2.57. The summed E-state index contributed by atoms with van der Waals surface area (Å²) in [4.78, 5) is 12.2. The molecule has 1 heterocycles. The van der Waals surface area contributed by atoms with Crippen LogP contribution in [0.3, 0.4) is 0 Å². The largest absolute Gasteiger partial charge is 0.370 e. The van der Waals surface area contributed by atoms with E-state index >= 15 is 0 Å². The minimum atomic E-state index is -0.422. The first-order valence-corrected chi connectivity index (χ1v) is 7.18. The zero-order valence-electron chi connectivity index (χ0n) is 10.9. The summed E-state index contributed by atoms with van der Waals surface area (Å²) >= 11 is 11.8. The van der Waals surface area contributed by atoms with E-state index in [0.29, 0.717) is 15.7 Å². The van der Waals surface area contributed by atoms with E-state index in [1.807, 2.05) is 24.3 Å². The Hall–Kier alpha value is -1.97. The van der Waals surface area contributed by atoms with Gasteiger partial charge in [-0.05, 0) is 48.0 Å². The summed E-state index contributed by atoms with van der Waals surface area (Å²) < 4.78 is 0. The lowest BCUT2D eigenvalue weighted by Gasteiger charge is -2.21. The van der Waals surface area contributed by atoms with Crippen LogP contribution in [0.1, 0.15) is 5.56 Å². The van der Waals surface area contributed by atoms with Crippen molar-refractivity contribution in [3.63, 3.8) is 0 Å². The Morgan fingerprint density at radius 2 is 1.76 bits per heavy atom. The molecule has 106 valence electrons. The standard InChI is InChI=1S/C16H12Cl2N2O/c17-11-2-5-13(6-3-11)19-16(21)15-7-1-10-9-12(18)4-8-14(10)20-15/h1-9,15,20H,(H,19,21). The molecule has 1 aliphatic heterocycles. The first-order valence-electron chi connectivity index (χ1n) is 6.42. The molecule has 3 rings (SSSR count). The van der Waals surface area contributed by atoms with Gasteiger partial charge in [-0.1, -0.05) is 35.4 Å². The molecule has 2 aromatic carbocycles.